The molecule has 1 saturated heterocycles. The SMILES string of the molecule is CNc1cc(-c2cnc3n([C@@H]4CCOC[C@H]4OC)cccc2-3)nc2c(C(=O)NC3CCC3O)cnn12. The molecule has 11 heteroatoms. The number of carbonyl (C=O) groups is 1. The van der Waals surface area contributed by atoms with Gasteiger partial charge < -0.3 is 29.8 Å². The van der Waals surface area contributed by atoms with Gasteiger partial charge in [0.2, 0.25) is 0 Å². The lowest BCUT2D eigenvalue weighted by atomic mass is 9.89. The van der Waals surface area contributed by atoms with E-state index in [4.69, 9.17) is 19.4 Å². The molecule has 36 heavy (non-hydrogen) atoms. The molecule has 0 radical (unpaired) electrons. The number of aliphatic hydroxyl groups is 1. The molecule has 5 heterocycles. The molecule has 1 saturated carbocycles. The van der Waals surface area contributed by atoms with Crippen molar-refractivity contribution in [3.8, 4) is 22.6 Å². The summed E-state index contributed by atoms with van der Waals surface area (Å²) in [6, 6.07) is 5.82. The number of carbonyl (C=O) groups excluding carboxylic acids is 1. The Morgan fingerprint density at radius 2 is 2.14 bits per heavy atom. The van der Waals surface area contributed by atoms with Crippen LogP contribution in [0.1, 0.15) is 35.7 Å². The van der Waals surface area contributed by atoms with Gasteiger partial charge in [-0.3, -0.25) is 4.79 Å². The molecule has 0 aromatic carbocycles. The van der Waals surface area contributed by atoms with Crippen molar-refractivity contribution >= 4 is 17.4 Å². The number of rotatable bonds is 6. The zero-order valence-electron chi connectivity index (χ0n) is 20.2. The lowest BCUT2D eigenvalue weighted by molar-refractivity contribution is -0.0600. The Kier molecular flexibility index (Phi) is 5.82. The van der Waals surface area contributed by atoms with Crippen LogP contribution < -0.4 is 10.6 Å². The van der Waals surface area contributed by atoms with E-state index in [1.54, 1.807) is 18.7 Å². The fraction of sp³-hybridized carbons (Fsp3) is 0.440. The van der Waals surface area contributed by atoms with Crippen molar-refractivity contribution in [1.29, 1.82) is 0 Å². The van der Waals surface area contributed by atoms with Gasteiger partial charge in [0.25, 0.3) is 5.91 Å². The van der Waals surface area contributed by atoms with Crippen molar-refractivity contribution < 1.29 is 19.4 Å². The number of nitrogens with one attached hydrogen (secondary N) is 2. The van der Waals surface area contributed by atoms with Crippen LogP contribution in [0, 0.1) is 0 Å². The third-order valence-corrected chi connectivity index (χ3v) is 7.33. The number of amides is 1. The molecule has 4 atom stereocenters. The second-order valence-corrected chi connectivity index (χ2v) is 9.32. The van der Waals surface area contributed by atoms with Gasteiger partial charge in [-0.1, -0.05) is 0 Å². The van der Waals surface area contributed by atoms with Gasteiger partial charge >= 0.3 is 0 Å². The third-order valence-electron chi connectivity index (χ3n) is 7.33. The predicted molar refractivity (Wildman–Crippen MR) is 132 cm³/mol. The third kappa shape index (κ3) is 3.71. The van der Waals surface area contributed by atoms with Crippen molar-refractivity contribution in [2.75, 3.05) is 32.7 Å². The second kappa shape index (κ2) is 9.16. The van der Waals surface area contributed by atoms with Gasteiger partial charge in [-0.25, -0.2) is 9.97 Å². The van der Waals surface area contributed by atoms with Crippen molar-refractivity contribution in [1.82, 2.24) is 29.5 Å². The number of hydrogen-bond donors (Lipinski definition) is 3. The molecule has 2 aromatic heterocycles. The van der Waals surface area contributed by atoms with Gasteiger partial charge in [0.15, 0.2) is 5.65 Å². The molecule has 2 fully saturated rings. The number of aliphatic hydroxyl groups excluding tert-OH is 1. The molecule has 188 valence electrons. The van der Waals surface area contributed by atoms with Crippen LogP contribution in [0.4, 0.5) is 5.82 Å². The first kappa shape index (κ1) is 22.9. The van der Waals surface area contributed by atoms with E-state index in [0.29, 0.717) is 42.4 Å². The van der Waals surface area contributed by atoms with Crippen LogP contribution in [-0.4, -0.2) is 80.8 Å². The highest BCUT2D eigenvalue weighted by Crippen LogP contribution is 2.37. The molecule has 1 aliphatic carbocycles. The van der Waals surface area contributed by atoms with E-state index in [-0.39, 0.29) is 24.1 Å². The normalized spacial score (nSPS) is 24.1. The van der Waals surface area contributed by atoms with E-state index in [0.717, 1.165) is 29.8 Å². The summed E-state index contributed by atoms with van der Waals surface area (Å²) in [6.07, 6.45) is 7.10. The van der Waals surface area contributed by atoms with E-state index in [1.165, 1.54) is 6.20 Å². The monoisotopic (exact) mass is 491 g/mol. The molecule has 0 bridgehead atoms. The molecule has 4 aliphatic rings. The minimum Gasteiger partial charge on any atom is -0.391 e. The van der Waals surface area contributed by atoms with Crippen molar-refractivity contribution in [3.63, 3.8) is 0 Å². The fourth-order valence-electron chi connectivity index (χ4n) is 5.11. The summed E-state index contributed by atoms with van der Waals surface area (Å²) in [5.74, 6) is 1.24. The summed E-state index contributed by atoms with van der Waals surface area (Å²) >= 11 is 0. The van der Waals surface area contributed by atoms with Gasteiger partial charge in [0, 0.05) is 50.4 Å². The van der Waals surface area contributed by atoms with Crippen LogP contribution in [0.3, 0.4) is 0 Å². The fourth-order valence-corrected chi connectivity index (χ4v) is 5.11. The van der Waals surface area contributed by atoms with Gasteiger partial charge in [0.1, 0.15) is 23.3 Å². The van der Waals surface area contributed by atoms with Crippen molar-refractivity contribution in [3.05, 3.63) is 42.4 Å². The maximum absolute atomic E-state index is 13.0. The number of methoxy groups -OCH3 is 1. The minimum atomic E-state index is -0.505. The average Bonchev–Trinajstić information content (AvgIpc) is 3.54. The number of anilines is 1. The molecule has 6 rings (SSSR count). The summed E-state index contributed by atoms with van der Waals surface area (Å²) < 4.78 is 15.1. The number of ether oxygens (including phenoxy) is 2. The van der Waals surface area contributed by atoms with Crippen LogP contribution >= 0.6 is 0 Å². The highest BCUT2D eigenvalue weighted by atomic mass is 16.5. The van der Waals surface area contributed by atoms with E-state index in [1.807, 2.05) is 30.6 Å². The first-order valence-electron chi connectivity index (χ1n) is 12.2. The highest BCUT2D eigenvalue weighted by molar-refractivity contribution is 6.00. The molecular formula is C25H29N7O4. The predicted octanol–water partition coefficient (Wildman–Crippen LogP) is 1.97. The molecule has 0 spiro atoms. The van der Waals surface area contributed by atoms with E-state index in [2.05, 4.69) is 20.3 Å². The molecule has 1 amide bonds. The molecule has 2 unspecified atom stereocenters. The lowest BCUT2D eigenvalue weighted by Crippen LogP contribution is -2.50. The lowest BCUT2D eigenvalue weighted by Gasteiger charge is -2.33. The molecule has 3 aliphatic heterocycles. The van der Waals surface area contributed by atoms with Crippen LogP contribution in [-0.2, 0) is 9.47 Å². The van der Waals surface area contributed by atoms with Gasteiger partial charge in [0.05, 0.1) is 36.7 Å². The molecule has 11 nitrogen and oxygen atoms in total. The minimum absolute atomic E-state index is 0.0538. The highest BCUT2D eigenvalue weighted by Gasteiger charge is 2.32. The number of pyridine rings is 1. The maximum atomic E-state index is 13.0. The Morgan fingerprint density at radius 3 is 2.89 bits per heavy atom. The summed E-state index contributed by atoms with van der Waals surface area (Å²) in [7, 11) is 3.51. The standard InChI is InChI=1S/C25H29N7O4/c1-26-22-10-18(29-24-16(12-28-32(22)24)25(34)30-17-5-6-20(17)33)15-11-27-23-14(15)4-3-8-31(23)19-7-9-36-13-21(19)35-2/h3-4,8,10-12,17,19-21,26,33H,5-7,9,13H2,1-2H3,(H,30,34)/t17?,19-,20?,21-/m1/s1. The zero-order valence-corrected chi connectivity index (χ0v) is 20.2. The summed E-state index contributed by atoms with van der Waals surface area (Å²) in [4.78, 5) is 22.6. The Bertz CT molecular complexity index is 1380. The first-order chi connectivity index (χ1) is 17.6. The smallest absolute Gasteiger partial charge is 0.257 e. The number of hydrogen-bond acceptors (Lipinski definition) is 8. The Hall–Kier alpha value is -3.54. The second-order valence-electron chi connectivity index (χ2n) is 9.32. The Labute approximate surface area is 207 Å². The maximum Gasteiger partial charge on any atom is 0.257 e. The van der Waals surface area contributed by atoms with Gasteiger partial charge in [-0.05, 0) is 31.4 Å². The van der Waals surface area contributed by atoms with E-state index >= 15 is 0 Å². The largest absolute Gasteiger partial charge is 0.391 e. The topological polar surface area (TPSA) is 128 Å². The average molecular weight is 492 g/mol. The number of nitrogens with zero attached hydrogens (tertiary/aromatic N) is 5. The van der Waals surface area contributed by atoms with Gasteiger partial charge in [-0.2, -0.15) is 9.61 Å². The number of fused-ring (bicyclic) bond motifs is 2. The first-order valence-corrected chi connectivity index (χ1v) is 12.2. The van der Waals surface area contributed by atoms with Crippen LogP contribution in [0.25, 0.3) is 28.3 Å². The summed E-state index contributed by atoms with van der Waals surface area (Å²) in [5, 5.41) is 20.3. The van der Waals surface area contributed by atoms with Crippen LogP contribution in [0.2, 0.25) is 0 Å². The quantitative estimate of drug-likeness (QED) is 0.374. The van der Waals surface area contributed by atoms with Crippen LogP contribution in [0.15, 0.2) is 36.8 Å². The van der Waals surface area contributed by atoms with Crippen molar-refractivity contribution in [2.24, 2.45) is 0 Å². The van der Waals surface area contributed by atoms with Crippen LogP contribution in [0.5, 0.6) is 0 Å². The van der Waals surface area contributed by atoms with Crippen molar-refractivity contribution in [2.45, 2.75) is 43.6 Å². The van der Waals surface area contributed by atoms with E-state index in [9.17, 15) is 9.90 Å². The number of aromatic nitrogens is 5. The van der Waals surface area contributed by atoms with Gasteiger partial charge in [-0.15, -0.1) is 0 Å². The van der Waals surface area contributed by atoms with E-state index < -0.39 is 6.10 Å². The molecule has 3 N–H and O–H groups in total. The molecular weight excluding hydrogens is 462 g/mol. The molecule has 2 aromatic rings. The summed E-state index contributed by atoms with van der Waals surface area (Å²) in [6.45, 7) is 1.22. The Morgan fingerprint density at radius 1 is 1.25 bits per heavy atom. The Balaban J connectivity index is 1.39. The summed E-state index contributed by atoms with van der Waals surface area (Å²) in [5.41, 5.74) is 3.30. The zero-order chi connectivity index (χ0) is 24.8.